The van der Waals surface area contributed by atoms with Crippen LogP contribution >= 0.6 is 0 Å². The summed E-state index contributed by atoms with van der Waals surface area (Å²) in [4.78, 5) is 0. The zero-order chi connectivity index (χ0) is 27.3. The number of aryl methyl sites for hydroxylation is 6. The zero-order valence-corrected chi connectivity index (χ0v) is 23.9. The molecule has 0 bridgehead atoms. The summed E-state index contributed by atoms with van der Waals surface area (Å²) in [6.45, 7) is 4.58. The van der Waals surface area contributed by atoms with Crippen LogP contribution in [0.4, 0.5) is 0 Å². The average molecular weight is 527 g/mol. The molecule has 0 amide bonds. The molecule has 0 heteroatoms. The van der Waals surface area contributed by atoms with Gasteiger partial charge in [0.1, 0.15) is 0 Å². The van der Waals surface area contributed by atoms with Crippen molar-refractivity contribution in [2.75, 3.05) is 0 Å². The van der Waals surface area contributed by atoms with Gasteiger partial charge in [-0.05, 0) is 130 Å². The van der Waals surface area contributed by atoms with E-state index in [1.165, 1.54) is 109 Å². The molecule has 0 fully saturated rings. The second-order valence-corrected chi connectivity index (χ2v) is 12.9. The maximum atomic E-state index is 2.54. The molecule has 0 radical (unpaired) electrons. The van der Waals surface area contributed by atoms with Crippen molar-refractivity contribution in [2.45, 2.75) is 51.4 Å². The molecule has 0 N–H and O–H groups in total. The van der Waals surface area contributed by atoms with Crippen molar-refractivity contribution in [1.29, 1.82) is 0 Å². The number of fused-ring (bicyclic) bond motifs is 6. The summed E-state index contributed by atoms with van der Waals surface area (Å²) >= 11 is 0. The highest BCUT2D eigenvalue weighted by Crippen LogP contribution is 2.58. The van der Waals surface area contributed by atoms with E-state index in [0.717, 1.165) is 6.42 Å². The normalized spacial score (nSPS) is 20.0. The Bertz CT molecular complexity index is 1880. The van der Waals surface area contributed by atoms with Gasteiger partial charge in [0.05, 0.1) is 5.41 Å². The van der Waals surface area contributed by atoms with Crippen LogP contribution in [0.15, 0.2) is 109 Å². The van der Waals surface area contributed by atoms with E-state index < -0.39 is 0 Å². The SMILES string of the molecule is Cc1ccc2c(c1)C(c1ccc3c(c1)CC3)(c1ccc3c(c1)CC3)c1cc(C)c(C3=CCC4C=CC=CC4=C3)cc1-2. The van der Waals surface area contributed by atoms with E-state index in [0.29, 0.717) is 5.92 Å². The quantitative estimate of drug-likeness (QED) is 0.220. The highest BCUT2D eigenvalue weighted by molar-refractivity contribution is 5.91. The molecule has 198 valence electrons. The van der Waals surface area contributed by atoms with Crippen LogP contribution in [0.25, 0.3) is 16.7 Å². The Kier molecular flexibility index (Phi) is 4.84. The predicted molar refractivity (Wildman–Crippen MR) is 170 cm³/mol. The van der Waals surface area contributed by atoms with Gasteiger partial charge in [-0.15, -0.1) is 0 Å². The monoisotopic (exact) mass is 526 g/mol. The molecule has 0 saturated heterocycles. The van der Waals surface area contributed by atoms with Gasteiger partial charge in [-0.2, -0.15) is 0 Å². The molecule has 41 heavy (non-hydrogen) atoms. The van der Waals surface area contributed by atoms with E-state index in [9.17, 15) is 0 Å². The number of hydrogen-bond acceptors (Lipinski definition) is 0. The van der Waals surface area contributed by atoms with Crippen LogP contribution in [-0.4, -0.2) is 0 Å². The van der Waals surface area contributed by atoms with Crippen molar-refractivity contribution >= 4 is 5.57 Å². The lowest BCUT2D eigenvalue weighted by Crippen LogP contribution is -2.30. The Hall–Kier alpha value is -4.16. The first-order chi connectivity index (χ1) is 20.1. The summed E-state index contributed by atoms with van der Waals surface area (Å²) < 4.78 is 0. The fourth-order valence-electron chi connectivity index (χ4n) is 8.20. The third-order valence-corrected chi connectivity index (χ3v) is 10.6. The van der Waals surface area contributed by atoms with Gasteiger partial charge in [-0.25, -0.2) is 0 Å². The standard InChI is InChI=1S/C41H34/c1-25-7-18-36-38-24-37(33-13-10-27-5-3-4-6-30(27)21-33)26(2)20-40(38)41(39(36)19-25,34-16-14-28-8-11-31(28)22-34)35-17-15-29-9-12-32(29)23-35/h3-7,13-24,27H,8-12H2,1-2H3. The van der Waals surface area contributed by atoms with Crippen LogP contribution in [-0.2, 0) is 31.1 Å². The largest absolute Gasteiger partial charge is 0.0767 e. The highest BCUT2D eigenvalue weighted by Gasteiger charge is 2.47. The maximum absolute atomic E-state index is 2.54. The second kappa shape index (κ2) is 8.43. The third-order valence-electron chi connectivity index (χ3n) is 10.6. The van der Waals surface area contributed by atoms with Crippen LogP contribution < -0.4 is 0 Å². The number of benzene rings is 4. The van der Waals surface area contributed by atoms with Gasteiger partial charge >= 0.3 is 0 Å². The molecule has 0 aromatic heterocycles. The Morgan fingerprint density at radius 3 is 2.02 bits per heavy atom. The first-order valence-electron chi connectivity index (χ1n) is 15.4. The van der Waals surface area contributed by atoms with Crippen molar-refractivity contribution in [3.8, 4) is 11.1 Å². The summed E-state index contributed by atoms with van der Waals surface area (Å²) in [7, 11) is 0. The molecule has 0 aliphatic heterocycles. The molecule has 1 unspecified atom stereocenters. The summed E-state index contributed by atoms with van der Waals surface area (Å²) in [5.41, 5.74) is 21.2. The molecular formula is C41H34. The number of allylic oxidation sites excluding steroid dienone is 8. The van der Waals surface area contributed by atoms with Gasteiger partial charge in [-0.3, -0.25) is 0 Å². The Labute approximate surface area is 243 Å². The van der Waals surface area contributed by atoms with E-state index in [-0.39, 0.29) is 5.41 Å². The lowest BCUT2D eigenvalue weighted by molar-refractivity contribution is 0.738. The van der Waals surface area contributed by atoms with Crippen molar-refractivity contribution < 1.29 is 0 Å². The Balaban J connectivity index is 1.33. The Morgan fingerprint density at radius 1 is 0.634 bits per heavy atom. The molecule has 0 heterocycles. The van der Waals surface area contributed by atoms with Crippen LogP contribution in [0.3, 0.4) is 0 Å². The molecule has 5 aliphatic rings. The van der Waals surface area contributed by atoms with E-state index in [1.807, 2.05) is 0 Å². The van der Waals surface area contributed by atoms with Crippen molar-refractivity contribution in [2.24, 2.45) is 5.92 Å². The molecule has 1 atom stereocenters. The van der Waals surface area contributed by atoms with E-state index in [4.69, 9.17) is 0 Å². The maximum Gasteiger partial charge on any atom is 0.0713 e. The fourth-order valence-corrected chi connectivity index (χ4v) is 8.20. The van der Waals surface area contributed by atoms with Gasteiger partial charge in [-0.1, -0.05) is 103 Å². The minimum atomic E-state index is -0.309. The Morgan fingerprint density at radius 2 is 1.34 bits per heavy atom. The van der Waals surface area contributed by atoms with Crippen molar-refractivity contribution in [3.05, 3.63) is 170 Å². The highest BCUT2D eigenvalue weighted by atomic mass is 14.5. The number of hydrogen-bond donors (Lipinski definition) is 0. The molecular weight excluding hydrogens is 492 g/mol. The van der Waals surface area contributed by atoms with Crippen molar-refractivity contribution in [3.63, 3.8) is 0 Å². The first-order valence-corrected chi connectivity index (χ1v) is 15.4. The van der Waals surface area contributed by atoms with E-state index >= 15 is 0 Å². The molecule has 0 saturated carbocycles. The number of rotatable bonds is 3. The van der Waals surface area contributed by atoms with Gasteiger partial charge < -0.3 is 0 Å². The van der Waals surface area contributed by atoms with E-state index in [2.05, 4.69) is 117 Å². The zero-order valence-electron chi connectivity index (χ0n) is 23.9. The van der Waals surface area contributed by atoms with Crippen LogP contribution in [0.2, 0.25) is 0 Å². The lowest BCUT2D eigenvalue weighted by atomic mass is 9.65. The molecule has 9 rings (SSSR count). The minimum Gasteiger partial charge on any atom is -0.0767 e. The first kappa shape index (κ1) is 23.5. The van der Waals surface area contributed by atoms with Crippen LogP contribution in [0, 0.1) is 19.8 Å². The predicted octanol–water partition coefficient (Wildman–Crippen LogP) is 9.32. The van der Waals surface area contributed by atoms with E-state index in [1.54, 1.807) is 0 Å². The van der Waals surface area contributed by atoms with Gasteiger partial charge in [0.2, 0.25) is 0 Å². The third kappa shape index (κ3) is 3.22. The summed E-state index contributed by atoms with van der Waals surface area (Å²) in [5, 5.41) is 0. The molecule has 0 spiro atoms. The summed E-state index contributed by atoms with van der Waals surface area (Å²) in [5.74, 6) is 0.515. The fraction of sp³-hybridized carbons (Fsp3) is 0.220. The second-order valence-electron chi connectivity index (χ2n) is 12.9. The molecule has 0 nitrogen and oxygen atoms in total. The summed E-state index contributed by atoms with van der Waals surface area (Å²) in [6.07, 6.45) is 19.8. The summed E-state index contributed by atoms with van der Waals surface area (Å²) in [6, 6.07) is 27.0. The van der Waals surface area contributed by atoms with Crippen LogP contribution in [0.5, 0.6) is 0 Å². The minimum absolute atomic E-state index is 0.309. The topological polar surface area (TPSA) is 0 Å². The van der Waals surface area contributed by atoms with Crippen molar-refractivity contribution in [1.82, 2.24) is 0 Å². The molecule has 5 aliphatic carbocycles. The average Bonchev–Trinajstić information content (AvgIpc) is 3.22. The smallest absolute Gasteiger partial charge is 0.0713 e. The van der Waals surface area contributed by atoms with Crippen LogP contribution in [0.1, 0.15) is 67.6 Å². The molecule has 4 aromatic carbocycles. The van der Waals surface area contributed by atoms with Gasteiger partial charge in [0.25, 0.3) is 0 Å². The molecule has 4 aromatic rings. The van der Waals surface area contributed by atoms with Gasteiger partial charge in [0.15, 0.2) is 0 Å². The lowest BCUT2D eigenvalue weighted by Gasteiger charge is -2.37. The van der Waals surface area contributed by atoms with Gasteiger partial charge in [0, 0.05) is 5.92 Å².